The molecule has 47 heavy (non-hydrogen) atoms. The number of para-hydroxylation sites is 1. The third-order valence-corrected chi connectivity index (χ3v) is 8.92. The van der Waals surface area contributed by atoms with Crippen LogP contribution in [0.3, 0.4) is 0 Å². The summed E-state index contributed by atoms with van der Waals surface area (Å²) in [6, 6.07) is 50.1. The fourth-order valence-corrected chi connectivity index (χ4v) is 6.94. The molecule has 0 amide bonds. The third-order valence-electron chi connectivity index (χ3n) is 8.92. The molecule has 0 aliphatic rings. The maximum absolute atomic E-state index is 5.20. The first kappa shape index (κ1) is 28.7. The Hall–Kier alpha value is -5.80. The number of hydrogen-bond donors (Lipinski definition) is 0. The standard InChI is InChI=1S/C44H35N3/c1-28-20-29(2)23-35(22-28)41-27-40(45-44(46-41)36-24-30(3)21-31(4)25-36)34-16-19-43-39(26-34)38-12-8-9-13-42(38)47(43)37-17-14-33(15-18-37)32-10-6-5-7-11-32/h5-27H,1-4H3. The Labute approximate surface area is 275 Å². The molecule has 3 heteroatoms. The number of rotatable bonds is 5. The van der Waals surface area contributed by atoms with E-state index < -0.39 is 0 Å². The molecular weight excluding hydrogens is 571 g/mol. The van der Waals surface area contributed by atoms with Crippen molar-refractivity contribution < 1.29 is 0 Å². The second kappa shape index (κ2) is 11.5. The highest BCUT2D eigenvalue weighted by Gasteiger charge is 2.16. The minimum Gasteiger partial charge on any atom is -0.309 e. The second-order valence-electron chi connectivity index (χ2n) is 12.7. The lowest BCUT2D eigenvalue weighted by Gasteiger charge is -2.12. The molecule has 0 saturated heterocycles. The van der Waals surface area contributed by atoms with E-state index in [-0.39, 0.29) is 0 Å². The zero-order valence-electron chi connectivity index (χ0n) is 27.1. The summed E-state index contributed by atoms with van der Waals surface area (Å²) in [6.45, 7) is 8.54. The molecule has 0 fully saturated rings. The molecule has 0 saturated carbocycles. The number of hydrogen-bond acceptors (Lipinski definition) is 2. The third kappa shape index (κ3) is 5.40. The van der Waals surface area contributed by atoms with Gasteiger partial charge in [0.15, 0.2) is 5.82 Å². The van der Waals surface area contributed by atoms with Crippen molar-refractivity contribution >= 4 is 21.8 Å². The van der Waals surface area contributed by atoms with Crippen LogP contribution in [-0.2, 0) is 0 Å². The first-order valence-corrected chi connectivity index (χ1v) is 16.2. The Kier molecular flexibility index (Phi) is 7.03. The highest BCUT2D eigenvalue weighted by molar-refractivity contribution is 6.10. The van der Waals surface area contributed by atoms with Crippen LogP contribution in [0.25, 0.3) is 72.5 Å². The van der Waals surface area contributed by atoms with E-state index in [2.05, 4.69) is 172 Å². The highest BCUT2D eigenvalue weighted by Crippen LogP contribution is 2.36. The SMILES string of the molecule is Cc1cc(C)cc(-c2cc(-c3ccc4c(c3)c3ccccc3n4-c3ccc(-c4ccccc4)cc3)nc(-c3cc(C)cc(C)c3)n2)c1. The van der Waals surface area contributed by atoms with E-state index >= 15 is 0 Å². The predicted molar refractivity (Wildman–Crippen MR) is 197 cm³/mol. The lowest BCUT2D eigenvalue weighted by atomic mass is 10.0. The fourth-order valence-electron chi connectivity index (χ4n) is 6.94. The monoisotopic (exact) mass is 605 g/mol. The summed E-state index contributed by atoms with van der Waals surface area (Å²) in [4.78, 5) is 10.3. The van der Waals surface area contributed by atoms with Crippen molar-refractivity contribution in [2.45, 2.75) is 27.7 Å². The van der Waals surface area contributed by atoms with Gasteiger partial charge in [-0.1, -0.05) is 101 Å². The van der Waals surface area contributed by atoms with Gasteiger partial charge >= 0.3 is 0 Å². The van der Waals surface area contributed by atoms with Gasteiger partial charge in [-0.05, 0) is 99.5 Å². The normalized spacial score (nSPS) is 11.4. The molecule has 0 N–H and O–H groups in total. The van der Waals surface area contributed by atoms with E-state index in [0.717, 1.165) is 39.6 Å². The first-order chi connectivity index (χ1) is 22.9. The van der Waals surface area contributed by atoms with Gasteiger partial charge in [0.25, 0.3) is 0 Å². The van der Waals surface area contributed by atoms with Gasteiger partial charge in [-0.3, -0.25) is 0 Å². The molecule has 0 spiro atoms. The van der Waals surface area contributed by atoms with Crippen molar-refractivity contribution in [3.8, 4) is 50.7 Å². The number of fused-ring (bicyclic) bond motifs is 3. The molecule has 2 heterocycles. The van der Waals surface area contributed by atoms with Crippen LogP contribution in [0.4, 0.5) is 0 Å². The van der Waals surface area contributed by atoms with Gasteiger partial charge < -0.3 is 4.57 Å². The average molecular weight is 606 g/mol. The molecule has 0 radical (unpaired) electrons. The first-order valence-electron chi connectivity index (χ1n) is 16.2. The van der Waals surface area contributed by atoms with E-state index in [9.17, 15) is 0 Å². The Morgan fingerprint density at radius 1 is 0.383 bits per heavy atom. The van der Waals surface area contributed by atoms with E-state index in [0.29, 0.717) is 0 Å². The Morgan fingerprint density at radius 2 is 0.915 bits per heavy atom. The van der Waals surface area contributed by atoms with Crippen LogP contribution in [0, 0.1) is 27.7 Å². The number of aryl methyl sites for hydroxylation is 4. The molecule has 8 rings (SSSR count). The van der Waals surface area contributed by atoms with Crippen molar-refractivity contribution in [2.24, 2.45) is 0 Å². The van der Waals surface area contributed by atoms with Crippen LogP contribution < -0.4 is 0 Å². The van der Waals surface area contributed by atoms with Gasteiger partial charge in [-0.25, -0.2) is 9.97 Å². The Balaban J connectivity index is 1.30. The smallest absolute Gasteiger partial charge is 0.160 e. The summed E-state index contributed by atoms with van der Waals surface area (Å²) in [5, 5.41) is 2.42. The van der Waals surface area contributed by atoms with Crippen molar-refractivity contribution in [3.05, 3.63) is 162 Å². The fraction of sp³-hybridized carbons (Fsp3) is 0.0909. The molecule has 226 valence electrons. The van der Waals surface area contributed by atoms with Gasteiger partial charge in [0.2, 0.25) is 0 Å². The topological polar surface area (TPSA) is 30.7 Å². The molecule has 0 unspecified atom stereocenters. The largest absolute Gasteiger partial charge is 0.309 e. The molecule has 0 bridgehead atoms. The zero-order chi connectivity index (χ0) is 32.1. The average Bonchev–Trinajstić information content (AvgIpc) is 3.41. The van der Waals surface area contributed by atoms with Crippen LogP contribution >= 0.6 is 0 Å². The number of nitrogens with zero attached hydrogens (tertiary/aromatic N) is 3. The zero-order valence-corrected chi connectivity index (χ0v) is 27.1. The van der Waals surface area contributed by atoms with E-state index in [1.165, 1.54) is 55.2 Å². The highest BCUT2D eigenvalue weighted by atomic mass is 15.0. The van der Waals surface area contributed by atoms with Crippen LogP contribution in [0.15, 0.2) is 140 Å². The minimum absolute atomic E-state index is 0.740. The molecule has 2 aromatic heterocycles. The van der Waals surface area contributed by atoms with Crippen molar-refractivity contribution in [1.29, 1.82) is 0 Å². The van der Waals surface area contributed by atoms with Crippen LogP contribution in [0.2, 0.25) is 0 Å². The Bertz CT molecular complexity index is 2320. The lowest BCUT2D eigenvalue weighted by molar-refractivity contribution is 1.17. The summed E-state index contributed by atoms with van der Waals surface area (Å²) in [6.07, 6.45) is 0. The summed E-state index contributed by atoms with van der Waals surface area (Å²) in [7, 11) is 0. The summed E-state index contributed by atoms with van der Waals surface area (Å²) in [5.41, 5.74) is 15.8. The maximum atomic E-state index is 5.20. The predicted octanol–water partition coefficient (Wildman–Crippen LogP) is 11.5. The van der Waals surface area contributed by atoms with Crippen LogP contribution in [0.1, 0.15) is 22.3 Å². The van der Waals surface area contributed by atoms with Crippen LogP contribution in [0.5, 0.6) is 0 Å². The molecular formula is C44H35N3. The number of benzene rings is 6. The quantitative estimate of drug-likeness (QED) is 0.195. The van der Waals surface area contributed by atoms with E-state index in [4.69, 9.17) is 9.97 Å². The van der Waals surface area contributed by atoms with Crippen molar-refractivity contribution in [2.75, 3.05) is 0 Å². The molecule has 0 aliphatic carbocycles. The number of aromatic nitrogens is 3. The van der Waals surface area contributed by atoms with E-state index in [1.54, 1.807) is 0 Å². The summed E-state index contributed by atoms with van der Waals surface area (Å²) >= 11 is 0. The maximum Gasteiger partial charge on any atom is 0.160 e. The summed E-state index contributed by atoms with van der Waals surface area (Å²) < 4.78 is 2.37. The van der Waals surface area contributed by atoms with Gasteiger partial charge in [-0.15, -0.1) is 0 Å². The Morgan fingerprint density at radius 3 is 1.60 bits per heavy atom. The van der Waals surface area contributed by atoms with Gasteiger partial charge in [0.1, 0.15) is 0 Å². The van der Waals surface area contributed by atoms with Crippen molar-refractivity contribution in [3.63, 3.8) is 0 Å². The minimum atomic E-state index is 0.740. The molecule has 0 aliphatic heterocycles. The molecule has 8 aromatic rings. The summed E-state index contributed by atoms with van der Waals surface area (Å²) in [5.74, 6) is 0.740. The van der Waals surface area contributed by atoms with E-state index in [1.807, 2.05) is 0 Å². The van der Waals surface area contributed by atoms with Gasteiger partial charge in [0.05, 0.1) is 22.4 Å². The molecule has 3 nitrogen and oxygen atoms in total. The lowest BCUT2D eigenvalue weighted by Crippen LogP contribution is -1.97. The second-order valence-corrected chi connectivity index (χ2v) is 12.7. The van der Waals surface area contributed by atoms with Crippen LogP contribution in [-0.4, -0.2) is 14.5 Å². The molecule has 0 atom stereocenters. The van der Waals surface area contributed by atoms with Gasteiger partial charge in [-0.2, -0.15) is 0 Å². The molecule has 6 aromatic carbocycles. The van der Waals surface area contributed by atoms with Gasteiger partial charge in [0, 0.05) is 33.2 Å². The van der Waals surface area contributed by atoms with Crippen molar-refractivity contribution in [1.82, 2.24) is 14.5 Å².